The summed E-state index contributed by atoms with van der Waals surface area (Å²) in [5, 5.41) is 3.17. The van der Waals surface area contributed by atoms with Crippen molar-refractivity contribution in [2.45, 2.75) is 24.9 Å². The van der Waals surface area contributed by atoms with E-state index < -0.39 is 11.7 Å². The van der Waals surface area contributed by atoms with E-state index in [1.807, 2.05) is 0 Å². The smallest absolute Gasteiger partial charge is 0.407 e. The first-order valence-corrected chi connectivity index (χ1v) is 8.75. The zero-order chi connectivity index (χ0) is 17.4. The lowest BCUT2D eigenvalue weighted by atomic mass is 9.92. The number of rotatable bonds is 2. The van der Waals surface area contributed by atoms with Gasteiger partial charge in [0.25, 0.3) is 0 Å². The van der Waals surface area contributed by atoms with Crippen LogP contribution in [0, 0.1) is 0 Å². The molecule has 0 unspecified atom stereocenters. The van der Waals surface area contributed by atoms with Crippen LogP contribution in [-0.2, 0) is 16.0 Å². The molecule has 7 nitrogen and oxygen atoms in total. The molecule has 3 aliphatic heterocycles. The summed E-state index contributed by atoms with van der Waals surface area (Å²) >= 11 is 6.30. The van der Waals surface area contributed by atoms with Crippen molar-refractivity contribution in [2.24, 2.45) is 0 Å². The van der Waals surface area contributed by atoms with E-state index >= 15 is 0 Å². The van der Waals surface area contributed by atoms with Gasteiger partial charge in [-0.25, -0.2) is 4.79 Å². The normalized spacial score (nSPS) is 24.8. The maximum Gasteiger partial charge on any atom is 0.407 e. The summed E-state index contributed by atoms with van der Waals surface area (Å²) in [6, 6.07) is 3.46. The van der Waals surface area contributed by atoms with Gasteiger partial charge in [0.1, 0.15) is 18.8 Å². The number of nitrogens with one attached hydrogen (secondary N) is 1. The molecular formula is C17H19ClN2O5. The third-order valence-corrected chi connectivity index (χ3v) is 5.16. The van der Waals surface area contributed by atoms with Crippen molar-refractivity contribution in [3.8, 4) is 11.5 Å². The summed E-state index contributed by atoms with van der Waals surface area (Å²) in [7, 11) is 0. The van der Waals surface area contributed by atoms with E-state index in [2.05, 4.69) is 5.32 Å². The number of carbonyl (C=O) groups excluding carboxylic acids is 2. The van der Waals surface area contributed by atoms with E-state index in [1.54, 1.807) is 17.0 Å². The molecule has 1 N–H and O–H groups in total. The van der Waals surface area contributed by atoms with Crippen molar-refractivity contribution < 1.29 is 23.8 Å². The Morgan fingerprint density at radius 3 is 2.76 bits per heavy atom. The second kappa shape index (κ2) is 6.29. The van der Waals surface area contributed by atoms with Gasteiger partial charge in [-0.05, 0) is 24.5 Å². The summed E-state index contributed by atoms with van der Waals surface area (Å²) in [5.41, 5.74) is 0.110. The maximum absolute atomic E-state index is 12.7. The van der Waals surface area contributed by atoms with Crippen LogP contribution in [0.25, 0.3) is 0 Å². The number of fused-ring (bicyclic) bond motifs is 1. The van der Waals surface area contributed by atoms with Crippen molar-refractivity contribution in [1.29, 1.82) is 0 Å². The van der Waals surface area contributed by atoms with Gasteiger partial charge in [0.05, 0.1) is 19.5 Å². The van der Waals surface area contributed by atoms with Gasteiger partial charge < -0.3 is 24.4 Å². The molecule has 0 aromatic heterocycles. The fourth-order valence-electron chi connectivity index (χ4n) is 3.56. The number of ether oxygens (including phenoxy) is 3. The molecule has 0 bridgehead atoms. The monoisotopic (exact) mass is 366 g/mol. The Hall–Kier alpha value is -2.15. The zero-order valence-corrected chi connectivity index (χ0v) is 14.4. The number of alkyl carbamates (subject to hydrolysis) is 1. The molecule has 8 heteroatoms. The Kier molecular flexibility index (Phi) is 4.11. The highest BCUT2D eigenvalue weighted by Gasteiger charge is 2.44. The predicted octanol–water partition coefficient (Wildman–Crippen LogP) is 1.75. The van der Waals surface area contributed by atoms with Crippen LogP contribution in [-0.4, -0.2) is 55.3 Å². The molecule has 2 fully saturated rings. The van der Waals surface area contributed by atoms with Crippen LogP contribution < -0.4 is 14.8 Å². The number of hydrogen-bond donors (Lipinski definition) is 1. The molecule has 1 spiro atoms. The third-order valence-electron chi connectivity index (χ3n) is 4.81. The highest BCUT2D eigenvalue weighted by Crippen LogP contribution is 2.36. The molecule has 0 radical (unpaired) electrons. The summed E-state index contributed by atoms with van der Waals surface area (Å²) in [6.07, 6.45) is 1.33. The quantitative estimate of drug-likeness (QED) is 0.863. The van der Waals surface area contributed by atoms with Gasteiger partial charge in [-0.15, -0.1) is 0 Å². The van der Waals surface area contributed by atoms with Gasteiger partial charge in [-0.3, -0.25) is 4.79 Å². The number of piperidine rings is 1. The molecule has 134 valence electrons. The zero-order valence-electron chi connectivity index (χ0n) is 13.7. The molecule has 0 saturated carbocycles. The largest absolute Gasteiger partial charge is 0.486 e. The van der Waals surface area contributed by atoms with Gasteiger partial charge in [0.15, 0.2) is 11.5 Å². The number of nitrogens with zero attached hydrogens (tertiary/aromatic N) is 1. The van der Waals surface area contributed by atoms with Gasteiger partial charge in [0.2, 0.25) is 5.91 Å². The van der Waals surface area contributed by atoms with Crippen LogP contribution in [0.2, 0.25) is 5.02 Å². The first kappa shape index (κ1) is 16.3. The number of likely N-dealkylation sites (tertiary alicyclic amines) is 1. The number of amides is 2. The SMILES string of the molecule is O=C1NC[C@]2(CCCN(C(=O)Cc3cc4c(cc3Cl)OCCO4)C2)O1. The molecule has 1 aromatic rings. The van der Waals surface area contributed by atoms with Crippen molar-refractivity contribution in [1.82, 2.24) is 10.2 Å². The molecule has 2 saturated heterocycles. The molecule has 25 heavy (non-hydrogen) atoms. The molecule has 3 aliphatic rings. The van der Waals surface area contributed by atoms with Gasteiger partial charge in [-0.2, -0.15) is 0 Å². The van der Waals surface area contributed by atoms with Gasteiger partial charge in [0, 0.05) is 17.6 Å². The minimum absolute atomic E-state index is 0.0411. The summed E-state index contributed by atoms with van der Waals surface area (Å²) in [6.45, 7) is 2.48. The molecular weight excluding hydrogens is 348 g/mol. The van der Waals surface area contributed by atoms with Crippen LogP contribution >= 0.6 is 11.6 Å². The van der Waals surface area contributed by atoms with Gasteiger partial charge >= 0.3 is 6.09 Å². The Bertz CT molecular complexity index is 725. The van der Waals surface area contributed by atoms with Crippen LogP contribution in [0.5, 0.6) is 11.5 Å². The number of hydrogen-bond acceptors (Lipinski definition) is 5. The average Bonchev–Trinajstić information content (AvgIpc) is 2.95. The van der Waals surface area contributed by atoms with Crippen molar-refractivity contribution in [2.75, 3.05) is 32.8 Å². The fraction of sp³-hybridized carbons (Fsp3) is 0.529. The van der Waals surface area contributed by atoms with Crippen molar-refractivity contribution in [3.63, 3.8) is 0 Å². The van der Waals surface area contributed by atoms with Gasteiger partial charge in [-0.1, -0.05) is 11.6 Å². The topological polar surface area (TPSA) is 77.1 Å². The highest BCUT2D eigenvalue weighted by molar-refractivity contribution is 6.31. The molecule has 1 atom stereocenters. The Morgan fingerprint density at radius 2 is 2.04 bits per heavy atom. The molecule has 3 heterocycles. The maximum atomic E-state index is 12.7. The first-order valence-electron chi connectivity index (χ1n) is 8.37. The van der Waals surface area contributed by atoms with Crippen molar-refractivity contribution >= 4 is 23.6 Å². The second-order valence-electron chi connectivity index (χ2n) is 6.61. The molecule has 4 rings (SSSR count). The lowest BCUT2D eigenvalue weighted by molar-refractivity contribution is -0.136. The predicted molar refractivity (Wildman–Crippen MR) is 89.2 cm³/mol. The Morgan fingerprint density at radius 1 is 1.28 bits per heavy atom. The second-order valence-corrected chi connectivity index (χ2v) is 7.02. The molecule has 0 aliphatic carbocycles. The van der Waals surface area contributed by atoms with E-state index in [0.717, 1.165) is 12.8 Å². The highest BCUT2D eigenvalue weighted by atomic mass is 35.5. The number of halogens is 1. The Labute approximate surface area is 150 Å². The summed E-state index contributed by atoms with van der Waals surface area (Å²) in [5.74, 6) is 1.18. The van der Waals surface area contributed by atoms with E-state index in [-0.39, 0.29) is 12.3 Å². The van der Waals surface area contributed by atoms with E-state index in [1.165, 1.54) is 0 Å². The van der Waals surface area contributed by atoms with Crippen LogP contribution in [0.3, 0.4) is 0 Å². The van der Waals surface area contributed by atoms with Crippen molar-refractivity contribution in [3.05, 3.63) is 22.7 Å². The Balaban J connectivity index is 1.47. The van der Waals surface area contributed by atoms with E-state index in [9.17, 15) is 9.59 Å². The van der Waals surface area contributed by atoms with E-state index in [4.69, 9.17) is 25.8 Å². The third kappa shape index (κ3) is 3.20. The summed E-state index contributed by atoms with van der Waals surface area (Å²) in [4.78, 5) is 25.9. The molecule has 1 aromatic carbocycles. The number of carbonyl (C=O) groups is 2. The summed E-state index contributed by atoms with van der Waals surface area (Å²) < 4.78 is 16.5. The van der Waals surface area contributed by atoms with E-state index in [0.29, 0.717) is 54.9 Å². The molecule has 2 amide bonds. The minimum Gasteiger partial charge on any atom is -0.486 e. The van der Waals surface area contributed by atoms with Crippen LogP contribution in [0.4, 0.5) is 4.79 Å². The minimum atomic E-state index is -0.596. The average molecular weight is 367 g/mol. The van der Waals surface area contributed by atoms with Crippen LogP contribution in [0.1, 0.15) is 18.4 Å². The number of benzene rings is 1. The van der Waals surface area contributed by atoms with Crippen LogP contribution in [0.15, 0.2) is 12.1 Å². The lowest BCUT2D eigenvalue weighted by Crippen LogP contribution is -2.52. The first-order chi connectivity index (χ1) is 12.0. The standard InChI is InChI=1S/C17H19ClN2O5/c18-12-8-14-13(23-4-5-24-14)6-11(12)7-15(21)20-3-1-2-17(10-20)9-19-16(22)25-17/h6,8H,1-5,7,9-10H2,(H,19,22)/t17-/m0/s1. The lowest BCUT2D eigenvalue weighted by Gasteiger charge is -2.38. The fourth-order valence-corrected chi connectivity index (χ4v) is 3.78.